The quantitative estimate of drug-likeness (QED) is 0.539. The molecule has 0 aliphatic carbocycles. The molecule has 1 aliphatic heterocycles. The fourth-order valence-electron chi connectivity index (χ4n) is 3.97. The fraction of sp³-hybridized carbons (Fsp3) is 0.320. The standard InChI is InChI=1S/C25H29N3O4/c1-29-21-7-5-17(23(10-21)31-3)12-26-25-9-19-15-28(16-20(19)13-27-25)14-18-6-8-22(30-2)11-24(18)32-4/h5-11,13H,12,14-16H2,1-4H3,(H,26,27). The fourth-order valence-corrected chi connectivity index (χ4v) is 3.97. The molecule has 2 heterocycles. The van der Waals surface area contributed by atoms with Crippen LogP contribution in [-0.4, -0.2) is 38.3 Å². The highest BCUT2D eigenvalue weighted by atomic mass is 16.5. The van der Waals surface area contributed by atoms with Crippen molar-refractivity contribution in [3.8, 4) is 23.0 Å². The minimum absolute atomic E-state index is 0.617. The van der Waals surface area contributed by atoms with Crippen LogP contribution in [0.5, 0.6) is 23.0 Å². The molecule has 0 unspecified atom stereocenters. The SMILES string of the molecule is COc1ccc(CNc2cc3c(cn2)CN(Cc2ccc(OC)cc2OC)C3)c(OC)c1. The van der Waals surface area contributed by atoms with Crippen LogP contribution in [0.3, 0.4) is 0 Å². The molecule has 1 aromatic heterocycles. The van der Waals surface area contributed by atoms with Crippen molar-refractivity contribution in [2.75, 3.05) is 33.8 Å². The smallest absolute Gasteiger partial charge is 0.127 e. The minimum Gasteiger partial charge on any atom is -0.497 e. The summed E-state index contributed by atoms with van der Waals surface area (Å²) in [5, 5.41) is 3.41. The zero-order valence-corrected chi connectivity index (χ0v) is 19.0. The van der Waals surface area contributed by atoms with Gasteiger partial charge in [-0.25, -0.2) is 4.98 Å². The van der Waals surface area contributed by atoms with E-state index in [4.69, 9.17) is 18.9 Å². The molecule has 1 aliphatic rings. The van der Waals surface area contributed by atoms with Gasteiger partial charge in [0.05, 0.1) is 28.4 Å². The molecular formula is C25H29N3O4. The molecule has 0 spiro atoms. The highest BCUT2D eigenvalue weighted by Gasteiger charge is 2.21. The largest absolute Gasteiger partial charge is 0.497 e. The number of aromatic nitrogens is 1. The van der Waals surface area contributed by atoms with Crippen LogP contribution in [0.25, 0.3) is 0 Å². The van der Waals surface area contributed by atoms with E-state index < -0.39 is 0 Å². The Hall–Kier alpha value is -3.45. The molecule has 3 aromatic rings. The topological polar surface area (TPSA) is 65.1 Å². The highest BCUT2D eigenvalue weighted by Crippen LogP contribution is 2.31. The molecule has 0 fully saturated rings. The summed E-state index contributed by atoms with van der Waals surface area (Å²) in [7, 11) is 6.67. The summed E-state index contributed by atoms with van der Waals surface area (Å²) < 4.78 is 21.6. The first kappa shape index (κ1) is 21.8. The number of ether oxygens (including phenoxy) is 4. The van der Waals surface area contributed by atoms with E-state index in [0.717, 1.165) is 59.6 Å². The van der Waals surface area contributed by atoms with Crippen LogP contribution in [0.4, 0.5) is 5.82 Å². The van der Waals surface area contributed by atoms with Crippen molar-refractivity contribution in [1.82, 2.24) is 9.88 Å². The second-order valence-electron chi connectivity index (χ2n) is 7.69. The molecule has 2 aromatic carbocycles. The van der Waals surface area contributed by atoms with Gasteiger partial charge in [0.1, 0.15) is 28.8 Å². The lowest BCUT2D eigenvalue weighted by atomic mass is 10.1. The van der Waals surface area contributed by atoms with Gasteiger partial charge >= 0.3 is 0 Å². The van der Waals surface area contributed by atoms with Crippen molar-refractivity contribution in [3.63, 3.8) is 0 Å². The third-order valence-electron chi connectivity index (χ3n) is 5.71. The molecular weight excluding hydrogens is 406 g/mol. The molecule has 32 heavy (non-hydrogen) atoms. The Morgan fingerprint density at radius 3 is 2.06 bits per heavy atom. The first-order chi connectivity index (χ1) is 15.6. The average Bonchev–Trinajstić information content (AvgIpc) is 3.24. The van der Waals surface area contributed by atoms with Crippen molar-refractivity contribution >= 4 is 5.82 Å². The van der Waals surface area contributed by atoms with Crippen LogP contribution in [-0.2, 0) is 26.2 Å². The summed E-state index contributed by atoms with van der Waals surface area (Å²) in [6.45, 7) is 3.15. The lowest BCUT2D eigenvalue weighted by Gasteiger charge is -2.17. The van der Waals surface area contributed by atoms with Gasteiger partial charge in [-0.1, -0.05) is 6.07 Å². The molecule has 0 amide bonds. The van der Waals surface area contributed by atoms with E-state index in [9.17, 15) is 0 Å². The number of hydrogen-bond acceptors (Lipinski definition) is 7. The molecule has 1 N–H and O–H groups in total. The van der Waals surface area contributed by atoms with Crippen molar-refractivity contribution in [3.05, 3.63) is 70.9 Å². The number of rotatable bonds is 9. The second kappa shape index (κ2) is 9.78. The zero-order chi connectivity index (χ0) is 22.5. The minimum atomic E-state index is 0.617. The molecule has 168 valence electrons. The maximum atomic E-state index is 5.55. The van der Waals surface area contributed by atoms with Crippen LogP contribution in [0.1, 0.15) is 22.3 Å². The molecule has 0 radical (unpaired) electrons. The van der Waals surface area contributed by atoms with E-state index in [1.54, 1.807) is 28.4 Å². The monoisotopic (exact) mass is 435 g/mol. The molecule has 7 heteroatoms. The van der Waals surface area contributed by atoms with Crippen molar-refractivity contribution in [2.24, 2.45) is 0 Å². The number of methoxy groups -OCH3 is 4. The molecule has 7 nitrogen and oxygen atoms in total. The number of benzene rings is 2. The second-order valence-corrected chi connectivity index (χ2v) is 7.69. The van der Waals surface area contributed by atoms with Crippen LogP contribution in [0, 0.1) is 0 Å². The van der Waals surface area contributed by atoms with Gasteiger partial charge < -0.3 is 24.3 Å². The summed E-state index contributed by atoms with van der Waals surface area (Å²) in [5.41, 5.74) is 4.73. The van der Waals surface area contributed by atoms with Crippen molar-refractivity contribution < 1.29 is 18.9 Å². The van der Waals surface area contributed by atoms with Crippen LogP contribution in [0.2, 0.25) is 0 Å². The Kier molecular flexibility index (Phi) is 6.66. The van der Waals surface area contributed by atoms with Gasteiger partial charge in [-0.2, -0.15) is 0 Å². The van der Waals surface area contributed by atoms with Gasteiger partial charge in [-0.15, -0.1) is 0 Å². The molecule has 4 rings (SSSR count). The van der Waals surface area contributed by atoms with E-state index in [0.29, 0.717) is 6.54 Å². The van der Waals surface area contributed by atoms with Gasteiger partial charge in [-0.05, 0) is 35.4 Å². The summed E-state index contributed by atoms with van der Waals surface area (Å²) in [6.07, 6.45) is 1.97. The Morgan fingerprint density at radius 1 is 0.781 bits per heavy atom. The number of anilines is 1. The van der Waals surface area contributed by atoms with Crippen molar-refractivity contribution in [2.45, 2.75) is 26.2 Å². The molecule has 0 atom stereocenters. The maximum Gasteiger partial charge on any atom is 0.127 e. The first-order valence-corrected chi connectivity index (χ1v) is 10.5. The third-order valence-corrected chi connectivity index (χ3v) is 5.71. The van der Waals surface area contributed by atoms with Crippen LogP contribution in [0.15, 0.2) is 48.7 Å². The van der Waals surface area contributed by atoms with Crippen LogP contribution < -0.4 is 24.3 Å². The summed E-state index contributed by atoms with van der Waals surface area (Å²) >= 11 is 0. The lowest BCUT2D eigenvalue weighted by Crippen LogP contribution is -2.16. The molecule has 0 saturated heterocycles. The summed E-state index contributed by atoms with van der Waals surface area (Å²) in [4.78, 5) is 6.99. The Labute approximate surface area is 188 Å². The summed E-state index contributed by atoms with van der Waals surface area (Å²) in [6, 6.07) is 13.9. The number of pyridine rings is 1. The molecule has 0 bridgehead atoms. The number of hydrogen-bond donors (Lipinski definition) is 1. The Morgan fingerprint density at radius 2 is 1.41 bits per heavy atom. The summed E-state index contributed by atoms with van der Waals surface area (Å²) in [5.74, 6) is 4.05. The van der Waals surface area contributed by atoms with E-state index >= 15 is 0 Å². The lowest BCUT2D eigenvalue weighted by molar-refractivity contribution is 0.269. The zero-order valence-electron chi connectivity index (χ0n) is 19.0. The highest BCUT2D eigenvalue weighted by molar-refractivity contribution is 5.47. The maximum absolute atomic E-state index is 5.55. The van der Waals surface area contributed by atoms with Crippen LogP contribution >= 0.6 is 0 Å². The third kappa shape index (κ3) is 4.73. The van der Waals surface area contributed by atoms with Gasteiger partial charge in [-0.3, -0.25) is 4.90 Å². The first-order valence-electron chi connectivity index (χ1n) is 10.5. The number of nitrogens with zero attached hydrogens (tertiary/aromatic N) is 2. The molecule has 0 saturated carbocycles. The predicted octanol–water partition coefficient (Wildman–Crippen LogP) is 4.24. The predicted molar refractivity (Wildman–Crippen MR) is 124 cm³/mol. The van der Waals surface area contributed by atoms with E-state index in [1.807, 2.05) is 36.5 Å². The average molecular weight is 436 g/mol. The van der Waals surface area contributed by atoms with E-state index in [-0.39, 0.29) is 0 Å². The van der Waals surface area contributed by atoms with E-state index in [1.165, 1.54) is 11.1 Å². The number of fused-ring (bicyclic) bond motifs is 1. The van der Waals surface area contributed by atoms with E-state index in [2.05, 4.69) is 27.3 Å². The van der Waals surface area contributed by atoms with Gasteiger partial charge in [0.2, 0.25) is 0 Å². The Bertz CT molecular complexity index is 1090. The number of nitrogens with one attached hydrogen (secondary N) is 1. The van der Waals surface area contributed by atoms with Crippen molar-refractivity contribution in [1.29, 1.82) is 0 Å². The Balaban J connectivity index is 1.41. The normalized spacial score (nSPS) is 12.9. The van der Waals surface area contributed by atoms with Gasteiger partial charge in [0.15, 0.2) is 0 Å². The van der Waals surface area contributed by atoms with Gasteiger partial charge in [0, 0.05) is 55.6 Å². The van der Waals surface area contributed by atoms with Gasteiger partial charge in [0.25, 0.3) is 0 Å².